The molecule has 0 amide bonds. The molecule has 0 bridgehead atoms. The van der Waals surface area contributed by atoms with Crippen LogP contribution in [0.5, 0.6) is 0 Å². The van der Waals surface area contributed by atoms with Crippen LogP contribution in [0.3, 0.4) is 0 Å². The van der Waals surface area contributed by atoms with Gasteiger partial charge in [-0.15, -0.1) is 0 Å². The van der Waals surface area contributed by atoms with E-state index in [1.54, 1.807) is 0 Å². The molecule has 5 nitrogen and oxygen atoms in total. The maximum Gasteiger partial charge on any atom is 0.276 e. The second kappa shape index (κ2) is 3.53. The first-order chi connectivity index (χ1) is 5.87. The highest BCUT2D eigenvalue weighted by Crippen LogP contribution is 2.30. The lowest BCUT2D eigenvalue weighted by Crippen LogP contribution is -2.45. The van der Waals surface area contributed by atoms with E-state index in [9.17, 15) is 8.42 Å². The summed E-state index contributed by atoms with van der Waals surface area (Å²) in [4.78, 5) is 0. The van der Waals surface area contributed by atoms with Crippen LogP contribution in [0.15, 0.2) is 0 Å². The molecule has 0 atom stereocenters. The predicted octanol–water partition coefficient (Wildman–Crippen LogP) is -0.716. The molecule has 0 saturated carbocycles. The smallest absolute Gasteiger partial charge is 0.276 e. The highest BCUT2D eigenvalue weighted by atomic mass is 32.2. The first kappa shape index (κ1) is 10.9. The Labute approximate surface area is 78.7 Å². The molecule has 0 aromatic heterocycles. The largest absolute Gasteiger partial charge is 0.396 e. The van der Waals surface area contributed by atoms with Crippen LogP contribution in [-0.4, -0.2) is 37.5 Å². The minimum atomic E-state index is -3.53. The monoisotopic (exact) mass is 208 g/mol. The number of piperidine rings is 1. The predicted molar refractivity (Wildman–Crippen MR) is 49.1 cm³/mol. The maximum absolute atomic E-state index is 10.9. The molecule has 0 aromatic rings. The van der Waals surface area contributed by atoms with Crippen molar-refractivity contribution >= 4 is 10.2 Å². The van der Waals surface area contributed by atoms with Crippen molar-refractivity contribution in [2.45, 2.75) is 19.8 Å². The van der Waals surface area contributed by atoms with Gasteiger partial charge in [0.15, 0.2) is 0 Å². The van der Waals surface area contributed by atoms with Gasteiger partial charge in [0.2, 0.25) is 0 Å². The van der Waals surface area contributed by atoms with Gasteiger partial charge in [0, 0.05) is 19.7 Å². The van der Waals surface area contributed by atoms with Crippen LogP contribution in [0.4, 0.5) is 0 Å². The Morgan fingerprint density at radius 2 is 1.92 bits per heavy atom. The zero-order chi connectivity index (χ0) is 10.1. The lowest BCUT2D eigenvalue weighted by atomic mass is 9.82. The van der Waals surface area contributed by atoms with Gasteiger partial charge in [-0.3, -0.25) is 0 Å². The summed E-state index contributed by atoms with van der Waals surface area (Å²) in [7, 11) is -3.53. The summed E-state index contributed by atoms with van der Waals surface area (Å²) in [5, 5.41) is 14.0. The molecule has 0 aromatic carbocycles. The Bertz CT molecular complexity index is 267. The number of aliphatic hydroxyl groups excluding tert-OH is 1. The summed E-state index contributed by atoms with van der Waals surface area (Å²) < 4.78 is 23.1. The average molecular weight is 208 g/mol. The van der Waals surface area contributed by atoms with Crippen molar-refractivity contribution in [1.82, 2.24) is 4.31 Å². The van der Waals surface area contributed by atoms with E-state index in [0.29, 0.717) is 25.9 Å². The van der Waals surface area contributed by atoms with Crippen LogP contribution in [0.1, 0.15) is 19.8 Å². The molecule has 1 heterocycles. The Balaban J connectivity index is 2.58. The Morgan fingerprint density at radius 3 is 2.23 bits per heavy atom. The molecular formula is C7H16N2O3S. The molecule has 6 heteroatoms. The van der Waals surface area contributed by atoms with Gasteiger partial charge in [0.25, 0.3) is 10.2 Å². The Kier molecular flexibility index (Phi) is 2.96. The summed E-state index contributed by atoms with van der Waals surface area (Å²) in [6.07, 6.45) is 1.33. The lowest BCUT2D eigenvalue weighted by molar-refractivity contribution is 0.0853. The highest BCUT2D eigenvalue weighted by Gasteiger charge is 2.32. The minimum Gasteiger partial charge on any atom is -0.396 e. The van der Waals surface area contributed by atoms with Crippen LogP contribution >= 0.6 is 0 Å². The zero-order valence-corrected chi connectivity index (χ0v) is 8.55. The quantitative estimate of drug-likeness (QED) is 0.628. The number of hydrogen-bond acceptors (Lipinski definition) is 3. The maximum atomic E-state index is 10.9. The second-order valence-electron chi connectivity index (χ2n) is 3.91. The minimum absolute atomic E-state index is 0.103. The molecule has 3 N–H and O–H groups in total. The van der Waals surface area contributed by atoms with Crippen molar-refractivity contribution in [3.8, 4) is 0 Å². The van der Waals surface area contributed by atoms with E-state index in [4.69, 9.17) is 10.2 Å². The summed E-state index contributed by atoms with van der Waals surface area (Å²) in [6, 6.07) is 0. The van der Waals surface area contributed by atoms with E-state index in [0.717, 1.165) is 0 Å². The van der Waals surface area contributed by atoms with E-state index in [1.807, 2.05) is 6.92 Å². The number of rotatable bonds is 2. The van der Waals surface area contributed by atoms with Gasteiger partial charge in [-0.05, 0) is 18.3 Å². The normalized spacial score (nSPS) is 24.5. The van der Waals surface area contributed by atoms with Crippen LogP contribution in [-0.2, 0) is 10.2 Å². The molecule has 1 aliphatic heterocycles. The van der Waals surface area contributed by atoms with Gasteiger partial charge < -0.3 is 5.11 Å². The van der Waals surface area contributed by atoms with Gasteiger partial charge >= 0.3 is 0 Å². The third kappa shape index (κ3) is 2.63. The Morgan fingerprint density at radius 1 is 1.46 bits per heavy atom. The van der Waals surface area contributed by atoms with Crippen LogP contribution in [0.2, 0.25) is 0 Å². The van der Waals surface area contributed by atoms with Crippen molar-refractivity contribution in [3.05, 3.63) is 0 Å². The van der Waals surface area contributed by atoms with E-state index in [-0.39, 0.29) is 12.0 Å². The summed E-state index contributed by atoms with van der Waals surface area (Å²) in [5.41, 5.74) is -0.138. The Hall–Kier alpha value is -0.170. The molecule has 0 unspecified atom stereocenters. The SMILES string of the molecule is CC1(CO)CCN(S(N)(=O)=O)CC1. The van der Waals surface area contributed by atoms with Gasteiger partial charge in [-0.25, -0.2) is 5.14 Å². The van der Waals surface area contributed by atoms with Gasteiger partial charge in [-0.1, -0.05) is 6.92 Å². The molecule has 13 heavy (non-hydrogen) atoms. The summed E-state index contributed by atoms with van der Waals surface area (Å²) in [5.74, 6) is 0. The van der Waals surface area contributed by atoms with E-state index < -0.39 is 10.2 Å². The fourth-order valence-corrected chi connectivity index (χ4v) is 2.13. The van der Waals surface area contributed by atoms with E-state index in [1.165, 1.54) is 4.31 Å². The van der Waals surface area contributed by atoms with Crippen molar-refractivity contribution in [3.63, 3.8) is 0 Å². The van der Waals surface area contributed by atoms with Crippen LogP contribution in [0.25, 0.3) is 0 Å². The molecule has 0 aliphatic carbocycles. The van der Waals surface area contributed by atoms with Crippen molar-refractivity contribution in [1.29, 1.82) is 0 Å². The highest BCUT2D eigenvalue weighted by molar-refractivity contribution is 7.86. The zero-order valence-electron chi connectivity index (χ0n) is 7.73. The molecule has 1 fully saturated rings. The fraction of sp³-hybridized carbons (Fsp3) is 1.00. The summed E-state index contributed by atoms with van der Waals surface area (Å²) >= 11 is 0. The van der Waals surface area contributed by atoms with Crippen molar-refractivity contribution < 1.29 is 13.5 Å². The molecule has 0 spiro atoms. The molecule has 1 rings (SSSR count). The number of aliphatic hydroxyl groups is 1. The van der Waals surface area contributed by atoms with Gasteiger partial charge in [0.1, 0.15) is 0 Å². The molecule has 78 valence electrons. The van der Waals surface area contributed by atoms with Gasteiger partial charge in [-0.2, -0.15) is 12.7 Å². The standard InChI is InChI=1S/C7H16N2O3S/c1-7(6-10)2-4-9(5-3-7)13(8,11)12/h10H,2-6H2,1H3,(H2,8,11,12). The first-order valence-electron chi connectivity index (χ1n) is 4.26. The molecule has 1 aliphatic rings. The topological polar surface area (TPSA) is 83.6 Å². The molecule has 1 saturated heterocycles. The first-order valence-corrected chi connectivity index (χ1v) is 5.76. The second-order valence-corrected chi connectivity index (χ2v) is 5.46. The number of hydrogen-bond donors (Lipinski definition) is 2. The summed E-state index contributed by atoms with van der Waals surface area (Å²) in [6.45, 7) is 2.88. The third-order valence-corrected chi connectivity index (χ3v) is 3.76. The van der Waals surface area contributed by atoms with Crippen LogP contribution in [0, 0.1) is 5.41 Å². The number of nitrogens with two attached hydrogens (primary N) is 1. The van der Waals surface area contributed by atoms with Crippen LogP contribution < -0.4 is 5.14 Å². The third-order valence-electron chi connectivity index (χ3n) is 2.67. The lowest BCUT2D eigenvalue weighted by Gasteiger charge is -2.36. The van der Waals surface area contributed by atoms with Crippen molar-refractivity contribution in [2.24, 2.45) is 10.6 Å². The molecule has 0 radical (unpaired) electrons. The van der Waals surface area contributed by atoms with E-state index >= 15 is 0 Å². The fourth-order valence-electron chi connectivity index (χ4n) is 1.44. The number of nitrogens with zero attached hydrogens (tertiary/aromatic N) is 1. The molecular weight excluding hydrogens is 192 g/mol. The van der Waals surface area contributed by atoms with Gasteiger partial charge in [0.05, 0.1) is 0 Å². The van der Waals surface area contributed by atoms with Crippen molar-refractivity contribution in [2.75, 3.05) is 19.7 Å². The average Bonchev–Trinajstić information content (AvgIpc) is 2.04. The van der Waals surface area contributed by atoms with E-state index in [2.05, 4.69) is 0 Å².